The number of hydrogen-bond acceptors (Lipinski definition) is 4. The molecule has 35 heavy (non-hydrogen) atoms. The molecule has 0 spiro atoms. The minimum Gasteiger partial charge on any atom is -0.550 e. The summed E-state index contributed by atoms with van der Waals surface area (Å²) in [4.78, 5) is 20.3. The maximum Gasteiger partial charge on any atom is 2.00 e. The van der Waals surface area contributed by atoms with Crippen molar-refractivity contribution in [1.82, 2.24) is 0 Å². The van der Waals surface area contributed by atoms with Crippen molar-refractivity contribution in [2.75, 3.05) is 0 Å². The van der Waals surface area contributed by atoms with Crippen LogP contribution in [0.2, 0.25) is 0 Å². The zero-order valence-corrected chi connectivity index (χ0v) is 24.7. The van der Waals surface area contributed by atoms with Gasteiger partial charge in [-0.15, -0.1) is 0 Å². The molecule has 0 atom stereocenters. The van der Waals surface area contributed by atoms with Crippen molar-refractivity contribution in [3.8, 4) is 0 Å². The van der Waals surface area contributed by atoms with Gasteiger partial charge in [-0.05, 0) is 25.7 Å². The molecule has 0 saturated carbocycles. The molecule has 0 heterocycles. The first-order valence-corrected chi connectivity index (χ1v) is 14.9. The maximum atomic E-state index is 10.2. The van der Waals surface area contributed by atoms with Crippen molar-refractivity contribution in [3.05, 3.63) is 0 Å². The molecule has 4 nitrogen and oxygen atoms in total. The van der Waals surface area contributed by atoms with Gasteiger partial charge in [0, 0.05) is 11.9 Å². The topological polar surface area (TPSA) is 80.3 Å². The minimum atomic E-state index is -0.905. The van der Waals surface area contributed by atoms with Crippen molar-refractivity contribution >= 4 is 29.3 Å². The van der Waals surface area contributed by atoms with E-state index in [9.17, 15) is 19.8 Å². The van der Waals surface area contributed by atoms with E-state index in [1.54, 1.807) is 0 Å². The van der Waals surface area contributed by atoms with E-state index in [1.807, 2.05) is 0 Å². The normalized spacial score (nSPS) is 10.3. The van der Waals surface area contributed by atoms with Crippen molar-refractivity contribution < 1.29 is 19.8 Å². The zero-order chi connectivity index (χ0) is 25.5. The molecule has 0 aromatic rings. The van der Waals surface area contributed by atoms with Gasteiger partial charge in [-0.2, -0.15) is 0 Å². The molecule has 0 N–H and O–H groups in total. The summed E-state index contributed by atoms with van der Waals surface area (Å²) in [7, 11) is 0. The first-order valence-electron chi connectivity index (χ1n) is 14.9. The van der Waals surface area contributed by atoms with Crippen LogP contribution in [-0.2, 0) is 9.59 Å². The summed E-state index contributed by atoms with van der Waals surface area (Å²) in [6.45, 7) is 4.50. The number of unbranched alkanes of at least 4 members (excludes halogenated alkanes) is 22. The Hall–Kier alpha value is -0.528. The third kappa shape index (κ3) is 43.9. The van der Waals surface area contributed by atoms with Gasteiger partial charge in [-0.1, -0.05) is 155 Å². The first kappa shape index (κ1) is 39.0. The summed E-state index contributed by atoms with van der Waals surface area (Å²) in [6, 6.07) is 0. The molecular formula is C30H58AlO4. The molecule has 0 rings (SSSR count). The van der Waals surface area contributed by atoms with Crippen molar-refractivity contribution in [1.29, 1.82) is 0 Å². The molecule has 0 bridgehead atoms. The number of rotatable bonds is 26. The van der Waals surface area contributed by atoms with Crippen LogP contribution in [-0.4, -0.2) is 29.3 Å². The van der Waals surface area contributed by atoms with Gasteiger partial charge in [0.05, 0.1) is 0 Å². The molecule has 0 fully saturated rings. The Morgan fingerprint density at radius 3 is 0.714 bits per heavy atom. The summed E-state index contributed by atoms with van der Waals surface area (Å²) in [5.41, 5.74) is 0. The third-order valence-electron chi connectivity index (χ3n) is 6.47. The number of hydrogen-bond donors (Lipinski definition) is 0. The smallest absolute Gasteiger partial charge is 0.550 e. The van der Waals surface area contributed by atoms with Crippen LogP contribution in [0.25, 0.3) is 0 Å². The van der Waals surface area contributed by atoms with Crippen molar-refractivity contribution in [2.24, 2.45) is 0 Å². The zero-order valence-electron chi connectivity index (χ0n) is 23.6. The number of carboxylic acid groups (broad SMARTS) is 2. The van der Waals surface area contributed by atoms with Gasteiger partial charge < -0.3 is 19.8 Å². The van der Waals surface area contributed by atoms with Crippen LogP contribution in [0.5, 0.6) is 0 Å². The minimum absolute atomic E-state index is 0. The van der Waals surface area contributed by atoms with E-state index in [1.165, 1.54) is 128 Å². The van der Waals surface area contributed by atoms with Crippen LogP contribution >= 0.6 is 0 Å². The van der Waals surface area contributed by atoms with E-state index in [4.69, 9.17) is 0 Å². The Kier molecular flexibility index (Phi) is 39.7. The molecule has 0 aliphatic rings. The largest absolute Gasteiger partial charge is 2.00 e. The van der Waals surface area contributed by atoms with Gasteiger partial charge in [0.15, 0.2) is 0 Å². The summed E-state index contributed by atoms with van der Waals surface area (Å²) in [6.07, 6.45) is 31.0. The van der Waals surface area contributed by atoms with Crippen LogP contribution in [0.1, 0.15) is 181 Å². The van der Waals surface area contributed by atoms with Gasteiger partial charge >= 0.3 is 17.4 Å². The molecule has 0 amide bonds. The molecule has 0 unspecified atom stereocenters. The Morgan fingerprint density at radius 2 is 0.543 bits per heavy atom. The van der Waals surface area contributed by atoms with E-state index < -0.39 is 11.9 Å². The van der Waals surface area contributed by atoms with Gasteiger partial charge in [0.25, 0.3) is 0 Å². The molecule has 0 aromatic carbocycles. The van der Waals surface area contributed by atoms with Crippen LogP contribution in [0, 0.1) is 0 Å². The summed E-state index contributed by atoms with van der Waals surface area (Å²) in [5.74, 6) is -1.81. The molecule has 1 radical (unpaired) electrons. The Morgan fingerprint density at radius 1 is 0.371 bits per heavy atom. The Balaban J connectivity index is -0.000000569. The van der Waals surface area contributed by atoms with E-state index in [0.717, 1.165) is 25.7 Å². The molecule has 0 aliphatic heterocycles. The fraction of sp³-hybridized carbons (Fsp3) is 0.933. The molecule has 205 valence electrons. The number of carbonyl (C=O) groups is 2. The first-order chi connectivity index (χ1) is 16.5. The van der Waals surface area contributed by atoms with Gasteiger partial charge in [0.2, 0.25) is 0 Å². The average Bonchev–Trinajstić information content (AvgIpc) is 2.80. The van der Waals surface area contributed by atoms with E-state index in [2.05, 4.69) is 13.8 Å². The second kappa shape index (κ2) is 35.6. The number of carbonyl (C=O) groups excluding carboxylic acids is 2. The predicted octanol–water partition coefficient (Wildman–Crippen LogP) is 7.27. The maximum absolute atomic E-state index is 10.2. The predicted molar refractivity (Wildman–Crippen MR) is 147 cm³/mol. The molecule has 0 aromatic heterocycles. The quantitative estimate of drug-likeness (QED) is 0.0906. The standard InChI is InChI=1S/2C15H30O2.Al/c2*1-2-3-4-5-6-7-8-9-10-11-12-13-14-15(16)17;/h2*2-14H2,1H3,(H,16,17);/q;;+2/p-2. The van der Waals surface area contributed by atoms with Crippen molar-refractivity contribution in [3.63, 3.8) is 0 Å². The monoisotopic (exact) mass is 509 g/mol. The molecule has 0 saturated heterocycles. The van der Waals surface area contributed by atoms with Crippen LogP contribution in [0.15, 0.2) is 0 Å². The van der Waals surface area contributed by atoms with Gasteiger partial charge in [-0.25, -0.2) is 0 Å². The molecular weight excluding hydrogens is 451 g/mol. The van der Waals surface area contributed by atoms with Crippen LogP contribution < -0.4 is 10.2 Å². The SMILES string of the molecule is CCCCCCCCCCCCCCC(=O)[O-].CCCCCCCCCCCCCCC(=O)[O-].[Al+2]. The second-order valence-electron chi connectivity index (χ2n) is 10.0. The summed E-state index contributed by atoms with van der Waals surface area (Å²) >= 11 is 0. The summed E-state index contributed by atoms with van der Waals surface area (Å²) in [5, 5.41) is 20.3. The number of carboxylic acids is 2. The molecule has 5 heteroatoms. The average molecular weight is 510 g/mol. The van der Waals surface area contributed by atoms with E-state index >= 15 is 0 Å². The van der Waals surface area contributed by atoms with Gasteiger partial charge in [-0.3, -0.25) is 0 Å². The third-order valence-corrected chi connectivity index (χ3v) is 6.47. The van der Waals surface area contributed by atoms with Crippen LogP contribution in [0.4, 0.5) is 0 Å². The van der Waals surface area contributed by atoms with Crippen molar-refractivity contribution in [2.45, 2.75) is 181 Å². The fourth-order valence-electron chi connectivity index (χ4n) is 4.22. The van der Waals surface area contributed by atoms with Gasteiger partial charge in [0.1, 0.15) is 0 Å². The Bertz CT molecular complexity index is 377. The Labute approximate surface area is 229 Å². The second-order valence-corrected chi connectivity index (χ2v) is 10.0. The molecule has 0 aliphatic carbocycles. The van der Waals surface area contributed by atoms with E-state index in [-0.39, 0.29) is 30.2 Å². The fourth-order valence-corrected chi connectivity index (χ4v) is 4.22. The van der Waals surface area contributed by atoms with Crippen LogP contribution in [0.3, 0.4) is 0 Å². The van der Waals surface area contributed by atoms with E-state index in [0.29, 0.717) is 0 Å². The summed E-state index contributed by atoms with van der Waals surface area (Å²) < 4.78 is 0. The number of aliphatic carboxylic acids is 2.